The van der Waals surface area contributed by atoms with Crippen LogP contribution in [0.5, 0.6) is 0 Å². The fraction of sp³-hybridized carbons (Fsp3) is 0.222. The Labute approximate surface area is 91.8 Å². The molecule has 1 rings (SSSR count). The van der Waals surface area contributed by atoms with Crippen LogP contribution >= 0.6 is 23.4 Å². The van der Waals surface area contributed by atoms with E-state index in [9.17, 15) is 0 Å². The topological polar surface area (TPSA) is 70.1 Å². The zero-order valence-corrected chi connectivity index (χ0v) is 9.03. The van der Waals surface area contributed by atoms with Crippen molar-refractivity contribution < 1.29 is 5.11 Å². The summed E-state index contributed by atoms with van der Waals surface area (Å²) in [5.74, 6) is 0.615. The number of nitrogens with one attached hydrogen (secondary N) is 1. The van der Waals surface area contributed by atoms with Crippen LogP contribution in [0.15, 0.2) is 23.1 Å². The summed E-state index contributed by atoms with van der Waals surface area (Å²) in [5.41, 5.74) is 5.92. The molecule has 0 unspecified atom stereocenters. The quantitative estimate of drug-likeness (QED) is 0.419. The highest BCUT2D eigenvalue weighted by molar-refractivity contribution is 7.99. The van der Waals surface area contributed by atoms with Crippen LogP contribution in [0.2, 0.25) is 5.02 Å². The Balaban J connectivity index is 2.84. The Morgan fingerprint density at radius 3 is 2.79 bits per heavy atom. The lowest BCUT2D eigenvalue weighted by Crippen LogP contribution is -2.10. The molecule has 0 bridgehead atoms. The third-order valence-corrected chi connectivity index (χ3v) is 3.07. The van der Waals surface area contributed by atoms with Crippen molar-refractivity contribution in [2.45, 2.75) is 4.90 Å². The van der Waals surface area contributed by atoms with Gasteiger partial charge in [-0.05, 0) is 12.1 Å². The first kappa shape index (κ1) is 11.4. The van der Waals surface area contributed by atoms with E-state index < -0.39 is 0 Å². The zero-order valence-electron chi connectivity index (χ0n) is 7.46. The Hall–Kier alpha value is -0.710. The van der Waals surface area contributed by atoms with Crippen molar-refractivity contribution in [2.75, 3.05) is 12.4 Å². The maximum atomic E-state index is 8.64. The Kier molecular flexibility index (Phi) is 4.25. The molecule has 0 heterocycles. The minimum atomic E-state index is 0.00519. The predicted octanol–water partition coefficient (Wildman–Crippen LogP) is 1.71. The molecule has 4 N–H and O–H groups in total. The highest BCUT2D eigenvalue weighted by Gasteiger charge is 2.03. The number of amidine groups is 1. The fourth-order valence-corrected chi connectivity index (χ4v) is 1.96. The summed E-state index contributed by atoms with van der Waals surface area (Å²) in [6.45, 7) is 0.120. The van der Waals surface area contributed by atoms with E-state index in [2.05, 4.69) is 0 Å². The lowest BCUT2D eigenvalue weighted by Gasteiger charge is -2.04. The molecule has 3 nitrogen and oxygen atoms in total. The van der Waals surface area contributed by atoms with Crippen molar-refractivity contribution >= 4 is 29.2 Å². The average molecular weight is 231 g/mol. The molecule has 0 amide bonds. The first-order chi connectivity index (χ1) is 6.65. The van der Waals surface area contributed by atoms with Crippen LogP contribution < -0.4 is 5.73 Å². The van der Waals surface area contributed by atoms with Crippen molar-refractivity contribution in [1.29, 1.82) is 5.41 Å². The van der Waals surface area contributed by atoms with E-state index >= 15 is 0 Å². The van der Waals surface area contributed by atoms with Gasteiger partial charge in [-0.25, -0.2) is 0 Å². The summed E-state index contributed by atoms with van der Waals surface area (Å²) in [6, 6.07) is 5.21. The Bertz CT molecular complexity index is 344. The number of aliphatic hydroxyl groups excluding tert-OH is 1. The summed E-state index contributed by atoms with van der Waals surface area (Å²) in [7, 11) is 0. The van der Waals surface area contributed by atoms with Gasteiger partial charge in [-0.2, -0.15) is 0 Å². The minimum Gasteiger partial charge on any atom is -0.396 e. The number of hydrogen-bond acceptors (Lipinski definition) is 3. The smallest absolute Gasteiger partial charge is 0.122 e. The second-order valence-electron chi connectivity index (χ2n) is 2.63. The van der Waals surface area contributed by atoms with Crippen molar-refractivity contribution in [3.05, 3.63) is 28.8 Å². The maximum Gasteiger partial charge on any atom is 0.122 e. The second-order valence-corrected chi connectivity index (χ2v) is 4.17. The number of nitrogen functional groups attached to an aromatic ring is 1. The number of halogens is 1. The molecule has 0 fully saturated rings. The summed E-state index contributed by atoms with van der Waals surface area (Å²) in [6.07, 6.45) is 0. The van der Waals surface area contributed by atoms with Gasteiger partial charge in [-0.15, -0.1) is 11.8 Å². The lowest BCUT2D eigenvalue weighted by molar-refractivity contribution is 0.322. The van der Waals surface area contributed by atoms with E-state index in [-0.39, 0.29) is 12.4 Å². The number of nitrogens with two attached hydrogens (primary N) is 1. The number of aliphatic hydroxyl groups is 1. The summed E-state index contributed by atoms with van der Waals surface area (Å²) < 4.78 is 0. The van der Waals surface area contributed by atoms with Crippen LogP contribution in [0.1, 0.15) is 5.56 Å². The summed E-state index contributed by atoms with van der Waals surface area (Å²) >= 11 is 7.43. The molecule has 0 aliphatic rings. The Morgan fingerprint density at radius 1 is 1.57 bits per heavy atom. The molecular formula is C9H11ClN2OS. The van der Waals surface area contributed by atoms with Gasteiger partial charge >= 0.3 is 0 Å². The summed E-state index contributed by atoms with van der Waals surface area (Å²) in [4.78, 5) is 0.894. The van der Waals surface area contributed by atoms with E-state index in [0.29, 0.717) is 16.3 Å². The van der Waals surface area contributed by atoms with Crippen molar-refractivity contribution in [1.82, 2.24) is 0 Å². The van der Waals surface area contributed by atoms with Gasteiger partial charge in [-0.1, -0.05) is 17.7 Å². The minimum absolute atomic E-state index is 0.00519. The van der Waals surface area contributed by atoms with Crippen LogP contribution in [0.25, 0.3) is 0 Å². The molecule has 0 aromatic heterocycles. The molecule has 0 spiro atoms. The van der Waals surface area contributed by atoms with E-state index in [1.807, 2.05) is 0 Å². The van der Waals surface area contributed by atoms with E-state index in [4.69, 9.17) is 27.9 Å². The van der Waals surface area contributed by atoms with Crippen molar-refractivity contribution in [3.8, 4) is 0 Å². The molecule has 0 radical (unpaired) electrons. The lowest BCUT2D eigenvalue weighted by atomic mass is 10.2. The van der Waals surface area contributed by atoms with Gasteiger partial charge in [-0.3, -0.25) is 5.41 Å². The molecule has 0 aliphatic carbocycles. The van der Waals surface area contributed by atoms with Gasteiger partial charge in [0.2, 0.25) is 0 Å². The van der Waals surface area contributed by atoms with E-state index in [0.717, 1.165) is 4.90 Å². The maximum absolute atomic E-state index is 8.64. The molecule has 0 aliphatic heterocycles. The van der Waals surface area contributed by atoms with Crippen LogP contribution in [0.3, 0.4) is 0 Å². The zero-order chi connectivity index (χ0) is 10.6. The SMILES string of the molecule is N=C(N)c1ccc(SCCO)c(Cl)c1. The van der Waals surface area contributed by atoms with Crippen LogP contribution in [-0.2, 0) is 0 Å². The standard InChI is InChI=1S/C9H11ClN2OS/c10-7-5-6(9(11)12)1-2-8(7)14-4-3-13/h1-2,5,13H,3-4H2,(H3,11,12). The molecule has 0 saturated carbocycles. The second kappa shape index (κ2) is 5.24. The number of thioether (sulfide) groups is 1. The van der Waals surface area contributed by atoms with Crippen LogP contribution in [0, 0.1) is 5.41 Å². The van der Waals surface area contributed by atoms with Gasteiger partial charge in [0.25, 0.3) is 0 Å². The first-order valence-electron chi connectivity index (χ1n) is 4.02. The van der Waals surface area contributed by atoms with Crippen LogP contribution in [-0.4, -0.2) is 23.3 Å². The van der Waals surface area contributed by atoms with Gasteiger partial charge in [0.1, 0.15) is 5.84 Å². The number of hydrogen-bond donors (Lipinski definition) is 3. The summed E-state index contributed by atoms with van der Waals surface area (Å²) in [5, 5.41) is 16.4. The number of benzene rings is 1. The molecule has 1 aromatic carbocycles. The average Bonchev–Trinajstić information content (AvgIpc) is 2.15. The number of rotatable bonds is 4. The molecular weight excluding hydrogens is 220 g/mol. The van der Waals surface area contributed by atoms with Crippen molar-refractivity contribution in [2.24, 2.45) is 5.73 Å². The monoisotopic (exact) mass is 230 g/mol. The largest absolute Gasteiger partial charge is 0.396 e. The van der Waals surface area contributed by atoms with Crippen molar-refractivity contribution in [3.63, 3.8) is 0 Å². The molecule has 0 atom stereocenters. The molecule has 0 saturated heterocycles. The van der Waals surface area contributed by atoms with Gasteiger partial charge in [0.15, 0.2) is 0 Å². The molecule has 5 heteroatoms. The molecule has 14 heavy (non-hydrogen) atoms. The highest BCUT2D eigenvalue weighted by Crippen LogP contribution is 2.27. The normalized spacial score (nSPS) is 10.1. The van der Waals surface area contributed by atoms with Gasteiger partial charge in [0, 0.05) is 16.2 Å². The van der Waals surface area contributed by atoms with Gasteiger partial charge < -0.3 is 10.8 Å². The fourth-order valence-electron chi connectivity index (χ4n) is 0.941. The molecule has 76 valence electrons. The van der Waals surface area contributed by atoms with E-state index in [1.165, 1.54) is 11.8 Å². The van der Waals surface area contributed by atoms with Crippen LogP contribution in [0.4, 0.5) is 0 Å². The third-order valence-electron chi connectivity index (χ3n) is 1.59. The van der Waals surface area contributed by atoms with E-state index in [1.54, 1.807) is 18.2 Å². The third kappa shape index (κ3) is 2.90. The Morgan fingerprint density at radius 2 is 2.29 bits per heavy atom. The highest BCUT2D eigenvalue weighted by atomic mass is 35.5. The first-order valence-corrected chi connectivity index (χ1v) is 5.39. The predicted molar refractivity (Wildman–Crippen MR) is 60.3 cm³/mol. The molecule has 1 aromatic rings. The van der Waals surface area contributed by atoms with Gasteiger partial charge in [0.05, 0.1) is 11.6 Å².